The monoisotopic (exact) mass is 256 g/mol. The smallest absolute Gasteiger partial charge is 0.161 e. The van der Waals surface area contributed by atoms with E-state index in [-0.39, 0.29) is 0 Å². The van der Waals surface area contributed by atoms with Crippen LogP contribution in [0.5, 0.6) is 0 Å². The zero-order chi connectivity index (χ0) is 13.1. The van der Waals surface area contributed by atoms with Gasteiger partial charge < -0.3 is 5.32 Å². The van der Waals surface area contributed by atoms with Gasteiger partial charge in [-0.15, -0.1) is 0 Å². The highest BCUT2D eigenvalue weighted by Crippen LogP contribution is 2.23. The van der Waals surface area contributed by atoms with Crippen LogP contribution in [0.1, 0.15) is 24.8 Å². The summed E-state index contributed by atoms with van der Waals surface area (Å²) in [7, 11) is 0. The predicted octanol–water partition coefficient (Wildman–Crippen LogP) is 2.10. The molecule has 0 amide bonds. The van der Waals surface area contributed by atoms with Crippen molar-refractivity contribution < 1.29 is 4.79 Å². The fourth-order valence-electron chi connectivity index (χ4n) is 2.85. The Morgan fingerprint density at radius 2 is 2.00 bits per heavy atom. The number of hydrogen-bond donors (Lipinski definition) is 1. The lowest BCUT2D eigenvalue weighted by molar-refractivity contribution is -0.116. The molecule has 1 aliphatic carbocycles. The first kappa shape index (κ1) is 12.4. The first-order valence-electron chi connectivity index (χ1n) is 7.08. The minimum absolute atomic E-state index is 0.346. The Balaban J connectivity index is 1.60. The summed E-state index contributed by atoms with van der Waals surface area (Å²) in [6.07, 6.45) is 3.83. The van der Waals surface area contributed by atoms with Gasteiger partial charge in [-0.3, -0.25) is 9.69 Å². The lowest BCUT2D eigenvalue weighted by Gasteiger charge is -2.33. The molecule has 1 aromatic rings. The fourth-order valence-corrected chi connectivity index (χ4v) is 2.85. The SMILES string of the molecule is O=C1CCCC2=C1CN(CCc1ccccc1)CN2. The van der Waals surface area contributed by atoms with Gasteiger partial charge in [-0.25, -0.2) is 0 Å². The molecule has 0 fully saturated rings. The van der Waals surface area contributed by atoms with E-state index in [1.807, 2.05) is 6.07 Å². The number of nitrogens with zero attached hydrogens (tertiary/aromatic N) is 1. The van der Waals surface area contributed by atoms with Crippen molar-refractivity contribution in [2.75, 3.05) is 19.8 Å². The second-order valence-electron chi connectivity index (χ2n) is 5.36. The van der Waals surface area contributed by atoms with Crippen LogP contribution < -0.4 is 5.32 Å². The molecule has 0 unspecified atom stereocenters. The van der Waals surface area contributed by atoms with E-state index in [1.165, 1.54) is 11.3 Å². The first-order valence-corrected chi connectivity index (χ1v) is 7.08. The molecule has 0 saturated carbocycles. The Labute approximate surface area is 114 Å². The minimum atomic E-state index is 0.346. The summed E-state index contributed by atoms with van der Waals surface area (Å²) in [5.41, 5.74) is 3.59. The second kappa shape index (κ2) is 5.57. The molecule has 19 heavy (non-hydrogen) atoms. The van der Waals surface area contributed by atoms with Crippen LogP contribution in [-0.2, 0) is 11.2 Å². The van der Waals surface area contributed by atoms with E-state index in [4.69, 9.17) is 0 Å². The molecule has 100 valence electrons. The number of benzene rings is 1. The van der Waals surface area contributed by atoms with Crippen molar-refractivity contribution in [2.45, 2.75) is 25.7 Å². The van der Waals surface area contributed by atoms with E-state index < -0.39 is 0 Å². The van der Waals surface area contributed by atoms with Gasteiger partial charge in [0.25, 0.3) is 0 Å². The number of nitrogens with one attached hydrogen (secondary N) is 1. The third-order valence-corrected chi connectivity index (χ3v) is 3.99. The maximum atomic E-state index is 11.9. The molecular weight excluding hydrogens is 236 g/mol. The summed E-state index contributed by atoms with van der Waals surface area (Å²) in [6, 6.07) is 10.5. The quantitative estimate of drug-likeness (QED) is 0.899. The molecule has 1 heterocycles. The Kier molecular flexibility index (Phi) is 3.65. The summed E-state index contributed by atoms with van der Waals surface area (Å²) in [4.78, 5) is 14.3. The van der Waals surface area contributed by atoms with Crippen molar-refractivity contribution in [3.63, 3.8) is 0 Å². The Hall–Kier alpha value is -1.61. The zero-order valence-electron chi connectivity index (χ0n) is 11.2. The van der Waals surface area contributed by atoms with Crippen molar-refractivity contribution in [1.82, 2.24) is 10.2 Å². The number of rotatable bonds is 3. The van der Waals surface area contributed by atoms with Gasteiger partial charge in [0, 0.05) is 30.8 Å². The highest BCUT2D eigenvalue weighted by atomic mass is 16.1. The van der Waals surface area contributed by atoms with Crippen molar-refractivity contribution >= 4 is 5.78 Å². The normalized spacial score (nSPS) is 20.1. The molecule has 0 atom stereocenters. The van der Waals surface area contributed by atoms with Crippen LogP contribution >= 0.6 is 0 Å². The predicted molar refractivity (Wildman–Crippen MR) is 75.6 cm³/mol. The van der Waals surface area contributed by atoms with Gasteiger partial charge in [0.1, 0.15) is 0 Å². The number of carbonyl (C=O) groups is 1. The van der Waals surface area contributed by atoms with Gasteiger partial charge in [-0.1, -0.05) is 30.3 Å². The maximum absolute atomic E-state index is 11.9. The molecule has 3 rings (SSSR count). The average molecular weight is 256 g/mol. The molecule has 0 radical (unpaired) electrons. The molecule has 3 heteroatoms. The largest absolute Gasteiger partial charge is 0.375 e. The van der Waals surface area contributed by atoms with Gasteiger partial charge >= 0.3 is 0 Å². The molecule has 1 aliphatic heterocycles. The van der Waals surface area contributed by atoms with Crippen molar-refractivity contribution in [2.24, 2.45) is 0 Å². The molecule has 0 bridgehead atoms. The van der Waals surface area contributed by atoms with Gasteiger partial charge in [0.15, 0.2) is 5.78 Å². The first-order chi connectivity index (χ1) is 9.33. The highest BCUT2D eigenvalue weighted by Gasteiger charge is 2.25. The number of allylic oxidation sites excluding steroid dienone is 1. The fraction of sp³-hybridized carbons (Fsp3) is 0.438. The highest BCUT2D eigenvalue weighted by molar-refractivity contribution is 5.97. The van der Waals surface area contributed by atoms with Crippen LogP contribution in [0.4, 0.5) is 0 Å². The molecule has 1 N–H and O–H groups in total. The third kappa shape index (κ3) is 2.87. The number of ketones is 1. The molecule has 0 saturated heterocycles. The van der Waals surface area contributed by atoms with Gasteiger partial charge in [0.2, 0.25) is 0 Å². The lowest BCUT2D eigenvalue weighted by Crippen LogP contribution is -2.44. The van der Waals surface area contributed by atoms with Gasteiger partial charge in [0.05, 0.1) is 6.67 Å². The number of carbonyl (C=O) groups excluding carboxylic acids is 1. The van der Waals surface area contributed by atoms with Gasteiger partial charge in [-0.05, 0) is 24.8 Å². The average Bonchev–Trinajstić information content (AvgIpc) is 2.47. The van der Waals surface area contributed by atoms with Crippen LogP contribution in [0.2, 0.25) is 0 Å². The van der Waals surface area contributed by atoms with Crippen LogP contribution in [0.25, 0.3) is 0 Å². The van der Waals surface area contributed by atoms with E-state index in [2.05, 4.69) is 34.5 Å². The van der Waals surface area contributed by atoms with Crippen LogP contribution in [0.15, 0.2) is 41.6 Å². The topological polar surface area (TPSA) is 32.3 Å². The molecule has 1 aromatic carbocycles. The minimum Gasteiger partial charge on any atom is -0.375 e. The van der Waals surface area contributed by atoms with E-state index in [1.54, 1.807) is 0 Å². The van der Waals surface area contributed by atoms with E-state index in [0.717, 1.165) is 51.0 Å². The van der Waals surface area contributed by atoms with Gasteiger partial charge in [-0.2, -0.15) is 0 Å². The maximum Gasteiger partial charge on any atom is 0.161 e. The Bertz CT molecular complexity index is 493. The van der Waals surface area contributed by atoms with Crippen LogP contribution in [0.3, 0.4) is 0 Å². The van der Waals surface area contributed by atoms with Crippen molar-refractivity contribution in [3.8, 4) is 0 Å². The molecule has 2 aliphatic rings. The van der Waals surface area contributed by atoms with Crippen molar-refractivity contribution in [3.05, 3.63) is 47.2 Å². The Morgan fingerprint density at radius 3 is 2.84 bits per heavy atom. The molecular formula is C16H20N2O. The van der Waals surface area contributed by atoms with Crippen LogP contribution in [0, 0.1) is 0 Å². The molecule has 0 spiro atoms. The van der Waals surface area contributed by atoms with E-state index in [0.29, 0.717) is 5.78 Å². The lowest BCUT2D eigenvalue weighted by atomic mass is 9.93. The molecule has 3 nitrogen and oxygen atoms in total. The summed E-state index contributed by atoms with van der Waals surface area (Å²) in [5.74, 6) is 0.346. The Morgan fingerprint density at radius 1 is 1.16 bits per heavy atom. The van der Waals surface area contributed by atoms with Crippen LogP contribution in [-0.4, -0.2) is 30.4 Å². The summed E-state index contributed by atoms with van der Waals surface area (Å²) < 4.78 is 0. The van der Waals surface area contributed by atoms with E-state index in [9.17, 15) is 4.79 Å². The summed E-state index contributed by atoms with van der Waals surface area (Å²) in [5, 5.41) is 3.42. The zero-order valence-corrected chi connectivity index (χ0v) is 11.2. The molecule has 0 aromatic heterocycles. The standard InChI is InChI=1S/C16H20N2O/c19-16-8-4-7-15-14(16)11-18(12-17-15)10-9-13-5-2-1-3-6-13/h1-3,5-6,17H,4,7-12H2. The number of Topliss-reactive ketones (excluding diaryl/α,β-unsaturated/α-hetero) is 1. The summed E-state index contributed by atoms with van der Waals surface area (Å²) >= 11 is 0. The van der Waals surface area contributed by atoms with E-state index >= 15 is 0 Å². The second-order valence-corrected chi connectivity index (χ2v) is 5.36. The summed E-state index contributed by atoms with van der Waals surface area (Å²) in [6.45, 7) is 2.70. The number of hydrogen-bond acceptors (Lipinski definition) is 3. The third-order valence-electron chi connectivity index (χ3n) is 3.99. The van der Waals surface area contributed by atoms with Crippen molar-refractivity contribution in [1.29, 1.82) is 0 Å².